The van der Waals surface area contributed by atoms with E-state index < -0.39 is 0 Å². The zero-order valence-corrected chi connectivity index (χ0v) is 9.42. The van der Waals surface area contributed by atoms with Crippen molar-refractivity contribution in [1.29, 1.82) is 0 Å². The van der Waals surface area contributed by atoms with Gasteiger partial charge in [-0.3, -0.25) is 0 Å². The van der Waals surface area contributed by atoms with Crippen LogP contribution in [-0.2, 0) is 19.3 Å². The minimum absolute atomic E-state index is 0.683. The predicted molar refractivity (Wildman–Crippen MR) is 60.8 cm³/mol. The lowest BCUT2D eigenvalue weighted by molar-refractivity contribution is 0.707. The Balaban J connectivity index is 2.40. The molecule has 0 atom stereocenters. The Hall–Kier alpha value is -0.960. The summed E-state index contributed by atoms with van der Waals surface area (Å²) in [5, 5.41) is 0. The quantitative estimate of drug-likeness (QED) is 0.745. The van der Waals surface area contributed by atoms with Crippen LogP contribution in [0, 0.1) is 6.92 Å². The van der Waals surface area contributed by atoms with Crippen molar-refractivity contribution in [3.63, 3.8) is 0 Å². The average Bonchev–Trinajstić information content (AvgIpc) is 2.43. The van der Waals surface area contributed by atoms with Crippen LogP contribution in [0.2, 0.25) is 0 Å². The second kappa shape index (κ2) is 4.71. The smallest absolute Gasteiger partial charge is 0.125 e. The zero-order chi connectivity index (χ0) is 10.7. The number of rotatable bonds is 2. The molecule has 0 fully saturated rings. The molecule has 1 aliphatic rings. The van der Waals surface area contributed by atoms with Gasteiger partial charge in [-0.15, -0.1) is 0 Å². The molecule has 82 valence electrons. The molecular weight excluding hydrogens is 186 g/mol. The molecule has 0 saturated carbocycles. The molecule has 2 rings (SSSR count). The molecule has 3 heteroatoms. The van der Waals surface area contributed by atoms with E-state index in [-0.39, 0.29) is 0 Å². The van der Waals surface area contributed by atoms with Crippen LogP contribution in [0.4, 0.5) is 0 Å². The largest absolute Gasteiger partial charge is 0.330 e. The fourth-order valence-corrected chi connectivity index (χ4v) is 2.33. The van der Waals surface area contributed by atoms with E-state index in [2.05, 4.69) is 9.97 Å². The van der Waals surface area contributed by atoms with Gasteiger partial charge in [-0.2, -0.15) is 0 Å². The van der Waals surface area contributed by atoms with Gasteiger partial charge in [0.05, 0.1) is 0 Å². The van der Waals surface area contributed by atoms with Crippen LogP contribution in [-0.4, -0.2) is 16.5 Å². The Morgan fingerprint density at radius 1 is 1.13 bits per heavy atom. The molecule has 0 spiro atoms. The number of nitrogens with two attached hydrogens (primary N) is 1. The van der Waals surface area contributed by atoms with Gasteiger partial charge < -0.3 is 5.73 Å². The van der Waals surface area contributed by atoms with E-state index in [9.17, 15) is 0 Å². The Morgan fingerprint density at radius 3 is 2.73 bits per heavy atom. The number of fused-ring (bicyclic) bond motifs is 1. The lowest BCUT2D eigenvalue weighted by Crippen LogP contribution is -2.11. The van der Waals surface area contributed by atoms with E-state index in [1.165, 1.54) is 36.2 Å². The summed E-state index contributed by atoms with van der Waals surface area (Å²) in [6.45, 7) is 2.66. The number of aromatic nitrogens is 2. The fraction of sp³-hybridized carbons (Fsp3) is 0.667. The normalized spacial score (nSPS) is 15.9. The first kappa shape index (κ1) is 10.6. The Bertz CT molecular complexity index is 347. The average molecular weight is 205 g/mol. The third-order valence-electron chi connectivity index (χ3n) is 3.01. The van der Waals surface area contributed by atoms with Gasteiger partial charge in [0, 0.05) is 17.8 Å². The summed E-state index contributed by atoms with van der Waals surface area (Å²) in [4.78, 5) is 9.09. The van der Waals surface area contributed by atoms with Crippen molar-refractivity contribution in [3.8, 4) is 0 Å². The van der Waals surface area contributed by atoms with Crippen molar-refractivity contribution < 1.29 is 0 Å². The molecule has 1 aromatic rings. The van der Waals surface area contributed by atoms with Gasteiger partial charge in [0.15, 0.2) is 0 Å². The Labute approximate surface area is 91.1 Å². The number of nitrogens with zero attached hydrogens (tertiary/aromatic N) is 2. The summed E-state index contributed by atoms with van der Waals surface area (Å²) in [6, 6.07) is 0. The lowest BCUT2D eigenvalue weighted by atomic mass is 10.0. The molecule has 0 unspecified atom stereocenters. The van der Waals surface area contributed by atoms with E-state index in [4.69, 9.17) is 5.73 Å². The maximum absolute atomic E-state index is 5.62. The molecule has 0 aromatic carbocycles. The van der Waals surface area contributed by atoms with Crippen LogP contribution in [0.3, 0.4) is 0 Å². The maximum atomic E-state index is 5.62. The number of hydrogen-bond donors (Lipinski definition) is 1. The van der Waals surface area contributed by atoms with Crippen molar-refractivity contribution in [2.45, 2.75) is 45.4 Å². The molecule has 0 radical (unpaired) electrons. The zero-order valence-electron chi connectivity index (χ0n) is 9.42. The predicted octanol–water partition coefficient (Wildman–Crippen LogP) is 1.56. The van der Waals surface area contributed by atoms with Gasteiger partial charge in [0.25, 0.3) is 0 Å². The van der Waals surface area contributed by atoms with Gasteiger partial charge >= 0.3 is 0 Å². The van der Waals surface area contributed by atoms with Crippen LogP contribution in [0.5, 0.6) is 0 Å². The molecule has 0 aliphatic heterocycles. The van der Waals surface area contributed by atoms with Gasteiger partial charge in [-0.05, 0) is 44.7 Å². The van der Waals surface area contributed by atoms with Gasteiger partial charge in [-0.1, -0.05) is 6.42 Å². The third-order valence-corrected chi connectivity index (χ3v) is 3.01. The first-order chi connectivity index (χ1) is 7.31. The van der Waals surface area contributed by atoms with Gasteiger partial charge in [0.1, 0.15) is 5.82 Å². The SMILES string of the molecule is Cc1nc(CCN)c2c(n1)CCCCC2. The highest BCUT2D eigenvalue weighted by atomic mass is 14.9. The molecular formula is C12H19N3. The highest BCUT2D eigenvalue weighted by Crippen LogP contribution is 2.21. The molecule has 1 heterocycles. The van der Waals surface area contributed by atoms with E-state index in [0.29, 0.717) is 6.54 Å². The molecule has 15 heavy (non-hydrogen) atoms. The second-order valence-corrected chi connectivity index (χ2v) is 4.24. The van der Waals surface area contributed by atoms with Gasteiger partial charge in [-0.25, -0.2) is 9.97 Å². The fourth-order valence-electron chi connectivity index (χ4n) is 2.33. The summed E-state index contributed by atoms with van der Waals surface area (Å²) >= 11 is 0. The van der Waals surface area contributed by atoms with Crippen molar-refractivity contribution in [1.82, 2.24) is 9.97 Å². The third kappa shape index (κ3) is 2.34. The first-order valence-electron chi connectivity index (χ1n) is 5.86. The highest BCUT2D eigenvalue weighted by molar-refractivity contribution is 5.27. The standard InChI is InChI=1S/C12H19N3/c1-9-14-11-6-4-2-3-5-10(11)12(15-9)7-8-13/h2-8,13H2,1H3. The van der Waals surface area contributed by atoms with Crippen LogP contribution >= 0.6 is 0 Å². The molecule has 2 N–H and O–H groups in total. The molecule has 1 aliphatic carbocycles. The van der Waals surface area contributed by atoms with E-state index >= 15 is 0 Å². The molecule has 0 saturated heterocycles. The van der Waals surface area contributed by atoms with Crippen LogP contribution < -0.4 is 5.73 Å². The lowest BCUT2D eigenvalue weighted by Gasteiger charge is -2.11. The van der Waals surface area contributed by atoms with Crippen molar-refractivity contribution in [2.75, 3.05) is 6.54 Å². The van der Waals surface area contributed by atoms with E-state index in [1.807, 2.05) is 6.92 Å². The second-order valence-electron chi connectivity index (χ2n) is 4.24. The maximum Gasteiger partial charge on any atom is 0.125 e. The van der Waals surface area contributed by atoms with E-state index in [0.717, 1.165) is 25.1 Å². The first-order valence-corrected chi connectivity index (χ1v) is 5.86. The van der Waals surface area contributed by atoms with Crippen LogP contribution in [0.1, 0.15) is 42.0 Å². The molecule has 1 aromatic heterocycles. The summed E-state index contributed by atoms with van der Waals surface area (Å²) < 4.78 is 0. The summed E-state index contributed by atoms with van der Waals surface area (Å²) in [6.07, 6.45) is 7.02. The molecule has 0 amide bonds. The number of hydrogen-bond acceptors (Lipinski definition) is 3. The highest BCUT2D eigenvalue weighted by Gasteiger charge is 2.14. The molecule has 0 bridgehead atoms. The summed E-state index contributed by atoms with van der Waals surface area (Å²) in [5.74, 6) is 0.902. The topological polar surface area (TPSA) is 51.8 Å². The number of aryl methyl sites for hydroxylation is 2. The molecule has 3 nitrogen and oxygen atoms in total. The van der Waals surface area contributed by atoms with Crippen LogP contribution in [0.25, 0.3) is 0 Å². The minimum Gasteiger partial charge on any atom is -0.330 e. The monoisotopic (exact) mass is 205 g/mol. The van der Waals surface area contributed by atoms with Gasteiger partial charge in [0.2, 0.25) is 0 Å². The summed E-state index contributed by atoms with van der Waals surface area (Å²) in [7, 11) is 0. The van der Waals surface area contributed by atoms with Crippen LogP contribution in [0.15, 0.2) is 0 Å². The minimum atomic E-state index is 0.683. The summed E-state index contributed by atoms with van der Waals surface area (Å²) in [5.41, 5.74) is 9.49. The Morgan fingerprint density at radius 2 is 1.93 bits per heavy atom. The van der Waals surface area contributed by atoms with Crippen molar-refractivity contribution in [3.05, 3.63) is 22.8 Å². The Kier molecular flexibility index (Phi) is 3.31. The van der Waals surface area contributed by atoms with E-state index in [1.54, 1.807) is 0 Å². The van der Waals surface area contributed by atoms with Crippen molar-refractivity contribution in [2.24, 2.45) is 5.73 Å². The van der Waals surface area contributed by atoms with Crippen molar-refractivity contribution >= 4 is 0 Å².